The molecule has 1 aromatic rings. The Labute approximate surface area is 124 Å². The number of rotatable bonds is 3. The third kappa shape index (κ3) is 2.67. The predicted molar refractivity (Wildman–Crippen MR) is 79.0 cm³/mol. The molecule has 112 valence electrons. The van der Waals surface area contributed by atoms with Gasteiger partial charge in [0.05, 0.1) is 0 Å². The molecule has 1 saturated carbocycles. The Morgan fingerprint density at radius 2 is 2.00 bits per heavy atom. The van der Waals surface area contributed by atoms with Gasteiger partial charge in [0.1, 0.15) is 6.04 Å². The Balaban J connectivity index is 1.72. The van der Waals surface area contributed by atoms with Crippen molar-refractivity contribution in [3.05, 3.63) is 35.4 Å². The number of aryl methyl sites for hydroxylation is 1. The van der Waals surface area contributed by atoms with Crippen LogP contribution in [0.2, 0.25) is 0 Å². The SMILES string of the molecule is Cc1ccccc1[C@@H]1C[C@H]1C(=O)N1CCCC[C@@H]1C(=O)O. The van der Waals surface area contributed by atoms with Crippen LogP contribution >= 0.6 is 0 Å². The van der Waals surface area contributed by atoms with E-state index < -0.39 is 12.0 Å². The average molecular weight is 287 g/mol. The highest BCUT2D eigenvalue weighted by Crippen LogP contribution is 2.49. The van der Waals surface area contributed by atoms with E-state index in [2.05, 4.69) is 19.1 Å². The van der Waals surface area contributed by atoms with Gasteiger partial charge in [0, 0.05) is 12.5 Å². The smallest absolute Gasteiger partial charge is 0.326 e. The van der Waals surface area contributed by atoms with Gasteiger partial charge in [-0.25, -0.2) is 4.79 Å². The number of hydrogen-bond acceptors (Lipinski definition) is 2. The molecule has 3 atom stereocenters. The molecule has 1 saturated heterocycles. The van der Waals surface area contributed by atoms with Gasteiger partial charge in [-0.2, -0.15) is 0 Å². The van der Waals surface area contributed by atoms with Crippen molar-refractivity contribution in [1.82, 2.24) is 4.90 Å². The van der Waals surface area contributed by atoms with Gasteiger partial charge in [0.15, 0.2) is 0 Å². The number of benzene rings is 1. The van der Waals surface area contributed by atoms with Gasteiger partial charge in [0.25, 0.3) is 0 Å². The van der Waals surface area contributed by atoms with Crippen molar-refractivity contribution in [3.63, 3.8) is 0 Å². The number of carboxylic acid groups (broad SMARTS) is 1. The Hall–Kier alpha value is -1.84. The van der Waals surface area contributed by atoms with Gasteiger partial charge in [-0.1, -0.05) is 24.3 Å². The van der Waals surface area contributed by atoms with E-state index in [9.17, 15) is 14.7 Å². The summed E-state index contributed by atoms with van der Waals surface area (Å²) in [6.07, 6.45) is 3.25. The molecule has 0 spiro atoms. The number of piperidine rings is 1. The number of amides is 1. The third-order valence-corrected chi connectivity index (χ3v) is 4.77. The first kappa shape index (κ1) is 14.1. The summed E-state index contributed by atoms with van der Waals surface area (Å²) in [6, 6.07) is 7.53. The van der Waals surface area contributed by atoms with E-state index in [1.807, 2.05) is 12.1 Å². The van der Waals surface area contributed by atoms with Crippen LogP contribution in [0.4, 0.5) is 0 Å². The molecule has 1 amide bonds. The lowest BCUT2D eigenvalue weighted by Gasteiger charge is -2.33. The van der Waals surface area contributed by atoms with Crippen LogP contribution in [0, 0.1) is 12.8 Å². The zero-order chi connectivity index (χ0) is 15.0. The van der Waals surface area contributed by atoms with Crippen LogP contribution in [0.5, 0.6) is 0 Å². The molecule has 4 nitrogen and oxygen atoms in total. The largest absolute Gasteiger partial charge is 0.480 e. The molecule has 1 aliphatic carbocycles. The topological polar surface area (TPSA) is 57.6 Å². The van der Waals surface area contributed by atoms with Crippen LogP contribution in [-0.4, -0.2) is 34.5 Å². The fourth-order valence-corrected chi connectivity index (χ4v) is 3.48. The lowest BCUT2D eigenvalue weighted by Crippen LogP contribution is -2.48. The second-order valence-corrected chi connectivity index (χ2v) is 6.19. The molecule has 2 fully saturated rings. The van der Waals surface area contributed by atoms with Gasteiger partial charge < -0.3 is 10.0 Å². The zero-order valence-electron chi connectivity index (χ0n) is 12.3. The van der Waals surface area contributed by atoms with Crippen molar-refractivity contribution >= 4 is 11.9 Å². The standard InChI is InChI=1S/C17H21NO3/c1-11-6-2-3-7-12(11)13-10-14(13)16(19)18-9-5-4-8-15(18)17(20)21/h2-3,6-7,13-15H,4-5,8-10H2,1H3,(H,20,21)/t13-,14+,15+/m0/s1. The van der Waals surface area contributed by atoms with Gasteiger partial charge in [0.2, 0.25) is 5.91 Å². The van der Waals surface area contributed by atoms with Crippen LogP contribution in [0.15, 0.2) is 24.3 Å². The lowest BCUT2D eigenvalue weighted by atomic mass is 10.00. The molecule has 0 aromatic heterocycles. The van der Waals surface area contributed by atoms with E-state index in [1.165, 1.54) is 11.1 Å². The van der Waals surface area contributed by atoms with E-state index >= 15 is 0 Å². The van der Waals surface area contributed by atoms with Crippen LogP contribution in [0.3, 0.4) is 0 Å². The predicted octanol–water partition coefficient (Wildman–Crippen LogP) is 2.56. The maximum Gasteiger partial charge on any atom is 0.326 e. The van der Waals surface area contributed by atoms with Crippen molar-refractivity contribution in [2.45, 2.75) is 44.6 Å². The van der Waals surface area contributed by atoms with Crippen molar-refractivity contribution in [2.24, 2.45) is 5.92 Å². The molecule has 0 bridgehead atoms. The second-order valence-electron chi connectivity index (χ2n) is 6.19. The van der Waals surface area contributed by atoms with E-state index in [0.717, 1.165) is 19.3 Å². The fourth-order valence-electron chi connectivity index (χ4n) is 3.48. The van der Waals surface area contributed by atoms with Gasteiger partial charge >= 0.3 is 5.97 Å². The Morgan fingerprint density at radius 1 is 1.24 bits per heavy atom. The first-order valence-corrected chi connectivity index (χ1v) is 7.68. The number of hydrogen-bond donors (Lipinski definition) is 1. The number of likely N-dealkylation sites (tertiary alicyclic amines) is 1. The maximum atomic E-state index is 12.6. The summed E-state index contributed by atoms with van der Waals surface area (Å²) < 4.78 is 0. The fraction of sp³-hybridized carbons (Fsp3) is 0.529. The molecular weight excluding hydrogens is 266 g/mol. The molecule has 1 aliphatic heterocycles. The Morgan fingerprint density at radius 3 is 2.71 bits per heavy atom. The summed E-state index contributed by atoms with van der Waals surface area (Å²) in [6.45, 7) is 2.66. The van der Waals surface area contributed by atoms with Crippen LogP contribution in [-0.2, 0) is 9.59 Å². The van der Waals surface area contributed by atoms with E-state index in [0.29, 0.717) is 13.0 Å². The van der Waals surface area contributed by atoms with Crippen molar-refractivity contribution in [1.29, 1.82) is 0 Å². The Bertz CT molecular complexity index is 569. The summed E-state index contributed by atoms with van der Waals surface area (Å²) in [7, 11) is 0. The molecule has 1 N–H and O–H groups in total. The quantitative estimate of drug-likeness (QED) is 0.929. The summed E-state index contributed by atoms with van der Waals surface area (Å²) >= 11 is 0. The normalized spacial score (nSPS) is 28.2. The highest BCUT2D eigenvalue weighted by Gasteiger charge is 2.48. The number of carboxylic acids is 1. The molecule has 1 heterocycles. The van der Waals surface area contributed by atoms with Gasteiger partial charge in [-0.05, 0) is 49.7 Å². The monoisotopic (exact) mass is 287 g/mol. The second kappa shape index (κ2) is 5.51. The van der Waals surface area contributed by atoms with Gasteiger partial charge in [-0.15, -0.1) is 0 Å². The summed E-state index contributed by atoms with van der Waals surface area (Å²) in [5.41, 5.74) is 2.45. The number of nitrogens with zero attached hydrogens (tertiary/aromatic N) is 1. The van der Waals surface area contributed by atoms with Crippen molar-refractivity contribution in [2.75, 3.05) is 6.54 Å². The van der Waals surface area contributed by atoms with Crippen LogP contribution in [0.25, 0.3) is 0 Å². The lowest BCUT2D eigenvalue weighted by molar-refractivity contribution is -0.152. The molecule has 3 rings (SSSR count). The van der Waals surface area contributed by atoms with E-state index in [4.69, 9.17) is 0 Å². The summed E-state index contributed by atoms with van der Waals surface area (Å²) in [5, 5.41) is 9.29. The zero-order valence-corrected chi connectivity index (χ0v) is 12.3. The molecule has 0 radical (unpaired) electrons. The van der Waals surface area contributed by atoms with Crippen molar-refractivity contribution < 1.29 is 14.7 Å². The average Bonchev–Trinajstić information content (AvgIpc) is 3.27. The van der Waals surface area contributed by atoms with Crippen molar-refractivity contribution in [3.8, 4) is 0 Å². The molecule has 4 heteroatoms. The summed E-state index contributed by atoms with van der Waals surface area (Å²) in [5.74, 6) is -0.576. The highest BCUT2D eigenvalue weighted by molar-refractivity contribution is 5.88. The minimum Gasteiger partial charge on any atom is -0.480 e. The molecule has 0 unspecified atom stereocenters. The van der Waals surface area contributed by atoms with E-state index in [-0.39, 0.29) is 17.7 Å². The minimum absolute atomic E-state index is 0.0222. The van der Waals surface area contributed by atoms with E-state index in [1.54, 1.807) is 4.90 Å². The van der Waals surface area contributed by atoms with Crippen LogP contribution < -0.4 is 0 Å². The first-order chi connectivity index (χ1) is 10.1. The first-order valence-electron chi connectivity index (χ1n) is 7.68. The Kier molecular flexibility index (Phi) is 3.70. The molecule has 2 aliphatic rings. The number of aliphatic carboxylic acids is 1. The number of carbonyl (C=O) groups is 2. The molecular formula is C17H21NO3. The molecule has 21 heavy (non-hydrogen) atoms. The van der Waals surface area contributed by atoms with Gasteiger partial charge in [-0.3, -0.25) is 4.79 Å². The molecule has 1 aromatic carbocycles. The highest BCUT2D eigenvalue weighted by atomic mass is 16.4. The minimum atomic E-state index is -0.865. The maximum absolute atomic E-state index is 12.6. The number of carbonyl (C=O) groups excluding carboxylic acids is 1. The summed E-state index contributed by atoms with van der Waals surface area (Å²) in [4.78, 5) is 25.6. The van der Waals surface area contributed by atoms with Crippen LogP contribution in [0.1, 0.15) is 42.7 Å². The third-order valence-electron chi connectivity index (χ3n) is 4.77.